The molecule has 106 valence electrons. The normalized spacial score (nSPS) is 10.8. The molecule has 21 heavy (non-hydrogen) atoms. The zero-order chi connectivity index (χ0) is 14.8. The molecule has 0 saturated carbocycles. The Bertz CT molecular complexity index is 799. The molecule has 0 unspecified atom stereocenters. The first-order valence-electron chi connectivity index (χ1n) is 6.57. The standard InChI is InChI=1S/C16H13ClN2OS/c1-10-2-3-12-13(8-10)21-15(14(12)17)16(20)19-9-11-4-6-18-7-5-11/h2-8H,9H2,1H3,(H,19,20)/p+1. The van der Waals surface area contributed by atoms with E-state index in [0.29, 0.717) is 16.4 Å². The zero-order valence-electron chi connectivity index (χ0n) is 11.4. The van der Waals surface area contributed by atoms with Crippen molar-refractivity contribution in [2.45, 2.75) is 13.5 Å². The maximum Gasteiger partial charge on any atom is 0.263 e. The van der Waals surface area contributed by atoms with Gasteiger partial charge in [0.15, 0.2) is 12.4 Å². The summed E-state index contributed by atoms with van der Waals surface area (Å²) in [5.41, 5.74) is 2.20. The molecule has 0 spiro atoms. The summed E-state index contributed by atoms with van der Waals surface area (Å²) < 4.78 is 1.04. The highest BCUT2D eigenvalue weighted by atomic mass is 35.5. The molecule has 3 rings (SSSR count). The molecule has 5 heteroatoms. The smallest absolute Gasteiger partial charge is 0.263 e. The molecule has 1 aromatic carbocycles. The first-order valence-corrected chi connectivity index (χ1v) is 7.76. The minimum atomic E-state index is -0.133. The second-order valence-corrected chi connectivity index (χ2v) is 6.27. The van der Waals surface area contributed by atoms with E-state index in [1.807, 2.05) is 43.6 Å². The number of thiophene rings is 1. The van der Waals surface area contributed by atoms with Crippen LogP contribution in [0.4, 0.5) is 0 Å². The molecule has 0 atom stereocenters. The second-order valence-electron chi connectivity index (χ2n) is 4.84. The van der Waals surface area contributed by atoms with Crippen LogP contribution in [0.15, 0.2) is 42.7 Å². The molecule has 2 N–H and O–H groups in total. The topological polar surface area (TPSA) is 43.2 Å². The highest BCUT2D eigenvalue weighted by molar-refractivity contribution is 7.21. The molecule has 2 heterocycles. The van der Waals surface area contributed by atoms with Gasteiger partial charge in [-0.25, -0.2) is 4.98 Å². The van der Waals surface area contributed by atoms with Crippen molar-refractivity contribution in [2.24, 2.45) is 0 Å². The number of carbonyl (C=O) groups excluding carboxylic acids is 1. The Labute approximate surface area is 131 Å². The highest BCUT2D eigenvalue weighted by Crippen LogP contribution is 2.35. The van der Waals surface area contributed by atoms with Crippen molar-refractivity contribution in [1.29, 1.82) is 0 Å². The van der Waals surface area contributed by atoms with E-state index in [2.05, 4.69) is 16.4 Å². The van der Waals surface area contributed by atoms with Crippen LogP contribution in [0.2, 0.25) is 5.02 Å². The van der Waals surface area contributed by atoms with Crippen molar-refractivity contribution < 1.29 is 9.78 Å². The molecule has 3 nitrogen and oxygen atoms in total. The number of hydrogen-bond acceptors (Lipinski definition) is 2. The average Bonchev–Trinajstić information content (AvgIpc) is 2.82. The van der Waals surface area contributed by atoms with Gasteiger partial charge >= 0.3 is 0 Å². The summed E-state index contributed by atoms with van der Waals surface area (Å²) in [6.07, 6.45) is 3.66. The number of carbonyl (C=O) groups is 1. The van der Waals surface area contributed by atoms with Crippen molar-refractivity contribution in [3.05, 3.63) is 63.8 Å². The number of aryl methyl sites for hydroxylation is 1. The zero-order valence-corrected chi connectivity index (χ0v) is 13.0. The number of H-pyrrole nitrogens is 1. The van der Waals surface area contributed by atoms with Crippen LogP contribution in [-0.2, 0) is 6.54 Å². The quantitative estimate of drug-likeness (QED) is 0.788. The monoisotopic (exact) mass is 317 g/mol. The maximum absolute atomic E-state index is 12.3. The van der Waals surface area contributed by atoms with Crippen molar-refractivity contribution in [3.63, 3.8) is 0 Å². The summed E-state index contributed by atoms with van der Waals surface area (Å²) in [5.74, 6) is -0.133. The van der Waals surface area contributed by atoms with E-state index in [4.69, 9.17) is 11.6 Å². The van der Waals surface area contributed by atoms with E-state index >= 15 is 0 Å². The third kappa shape index (κ3) is 2.91. The third-order valence-corrected chi connectivity index (χ3v) is 4.89. The molecule has 0 saturated heterocycles. The largest absolute Gasteiger partial charge is 0.347 e. The van der Waals surface area contributed by atoms with Gasteiger partial charge in [-0.05, 0) is 24.1 Å². The Hall–Kier alpha value is -1.91. The average molecular weight is 318 g/mol. The summed E-state index contributed by atoms with van der Waals surface area (Å²) in [5, 5.41) is 4.38. The molecular weight excluding hydrogens is 304 g/mol. The molecule has 0 fully saturated rings. The summed E-state index contributed by atoms with van der Waals surface area (Å²) in [6.45, 7) is 2.51. The Kier molecular flexibility index (Phi) is 3.90. The molecule has 0 radical (unpaired) electrons. The van der Waals surface area contributed by atoms with Crippen molar-refractivity contribution in [3.8, 4) is 0 Å². The van der Waals surface area contributed by atoms with Crippen LogP contribution in [0.1, 0.15) is 20.8 Å². The fourth-order valence-corrected chi connectivity index (χ4v) is 3.65. The lowest BCUT2D eigenvalue weighted by atomic mass is 10.2. The lowest BCUT2D eigenvalue weighted by molar-refractivity contribution is -0.378. The van der Waals surface area contributed by atoms with Crippen molar-refractivity contribution in [2.75, 3.05) is 0 Å². The number of benzene rings is 1. The summed E-state index contributed by atoms with van der Waals surface area (Å²) in [6, 6.07) is 9.87. The van der Waals surface area contributed by atoms with E-state index in [1.165, 1.54) is 11.3 Å². The predicted octanol–water partition coefficient (Wildman–Crippen LogP) is 3.61. The van der Waals surface area contributed by atoms with E-state index in [-0.39, 0.29) is 5.91 Å². The SMILES string of the molecule is Cc1ccc2c(Cl)c(C(=O)NCc3cc[nH+]cc3)sc2c1. The maximum atomic E-state index is 12.3. The number of nitrogens with one attached hydrogen (secondary N) is 2. The number of hydrogen-bond donors (Lipinski definition) is 1. The Morgan fingerprint density at radius 3 is 2.81 bits per heavy atom. The third-order valence-electron chi connectivity index (χ3n) is 3.23. The van der Waals surface area contributed by atoms with Crippen LogP contribution < -0.4 is 10.3 Å². The Morgan fingerprint density at radius 1 is 1.29 bits per heavy atom. The second kappa shape index (κ2) is 5.84. The van der Waals surface area contributed by atoms with Crippen LogP contribution in [0, 0.1) is 6.92 Å². The van der Waals surface area contributed by atoms with Crippen molar-refractivity contribution in [1.82, 2.24) is 5.32 Å². The fraction of sp³-hybridized carbons (Fsp3) is 0.125. The van der Waals surface area contributed by atoms with E-state index in [9.17, 15) is 4.79 Å². The van der Waals surface area contributed by atoms with Crippen LogP contribution >= 0.6 is 22.9 Å². The van der Waals surface area contributed by atoms with E-state index in [0.717, 1.165) is 21.2 Å². The van der Waals surface area contributed by atoms with Gasteiger partial charge in [0.25, 0.3) is 5.91 Å². The Balaban J connectivity index is 1.83. The lowest BCUT2D eigenvalue weighted by Crippen LogP contribution is -2.22. The summed E-state index contributed by atoms with van der Waals surface area (Å²) >= 11 is 7.76. The number of aromatic nitrogens is 1. The number of rotatable bonds is 3. The molecule has 1 amide bonds. The van der Waals surface area contributed by atoms with Gasteiger partial charge in [-0.15, -0.1) is 11.3 Å². The minimum absolute atomic E-state index is 0.133. The summed E-state index contributed by atoms with van der Waals surface area (Å²) in [7, 11) is 0. The summed E-state index contributed by atoms with van der Waals surface area (Å²) in [4.78, 5) is 15.8. The van der Waals surface area contributed by atoms with Gasteiger partial charge in [0, 0.05) is 28.8 Å². The highest BCUT2D eigenvalue weighted by Gasteiger charge is 2.16. The molecule has 2 aromatic heterocycles. The van der Waals surface area contributed by atoms with Crippen molar-refractivity contribution >= 4 is 38.9 Å². The lowest BCUT2D eigenvalue weighted by Gasteiger charge is -2.02. The first kappa shape index (κ1) is 14.0. The van der Waals surface area contributed by atoms with Crippen LogP contribution in [0.3, 0.4) is 0 Å². The number of pyridine rings is 1. The van der Waals surface area contributed by atoms with Gasteiger partial charge in [-0.1, -0.05) is 23.7 Å². The molecule has 0 bridgehead atoms. The molecule has 0 aliphatic heterocycles. The van der Waals surface area contributed by atoms with Crippen LogP contribution in [-0.4, -0.2) is 5.91 Å². The Morgan fingerprint density at radius 2 is 2.05 bits per heavy atom. The van der Waals surface area contributed by atoms with Gasteiger partial charge in [0.1, 0.15) is 4.88 Å². The van der Waals surface area contributed by atoms with Gasteiger partial charge in [0.2, 0.25) is 0 Å². The number of halogens is 1. The van der Waals surface area contributed by atoms with Gasteiger partial charge in [-0.3, -0.25) is 4.79 Å². The molecule has 0 aliphatic carbocycles. The molecule has 3 aromatic rings. The van der Waals surface area contributed by atoms with Gasteiger partial charge in [0.05, 0.1) is 5.02 Å². The first-order chi connectivity index (χ1) is 10.1. The minimum Gasteiger partial charge on any atom is -0.347 e. The van der Waals surface area contributed by atoms with Crippen LogP contribution in [0.5, 0.6) is 0 Å². The molecular formula is C16H14ClN2OS+. The fourth-order valence-electron chi connectivity index (χ4n) is 2.12. The number of amides is 1. The number of fused-ring (bicyclic) bond motifs is 1. The van der Waals surface area contributed by atoms with E-state index in [1.54, 1.807) is 0 Å². The molecule has 0 aliphatic rings. The van der Waals surface area contributed by atoms with Crippen LogP contribution in [0.25, 0.3) is 10.1 Å². The van der Waals surface area contributed by atoms with E-state index < -0.39 is 0 Å². The predicted molar refractivity (Wildman–Crippen MR) is 85.7 cm³/mol. The number of aromatic amines is 1. The van der Waals surface area contributed by atoms with Gasteiger partial charge in [-0.2, -0.15) is 0 Å². The van der Waals surface area contributed by atoms with Gasteiger partial charge < -0.3 is 5.32 Å².